The van der Waals surface area contributed by atoms with E-state index < -0.39 is 47.9 Å². The van der Waals surface area contributed by atoms with E-state index in [1.54, 1.807) is 36.0 Å². The van der Waals surface area contributed by atoms with Crippen LogP contribution < -0.4 is 21.7 Å². The molecular weight excluding hydrogens is 480 g/mol. The molecule has 0 aliphatic heterocycles. The number of carboxylic acid groups (broad SMARTS) is 1. The van der Waals surface area contributed by atoms with Crippen LogP contribution in [0.1, 0.15) is 24.5 Å². The molecule has 0 saturated carbocycles. The number of nitrogens with two attached hydrogens (primary N) is 1. The van der Waals surface area contributed by atoms with Gasteiger partial charge in [-0.15, -0.1) is 0 Å². The van der Waals surface area contributed by atoms with Crippen LogP contribution in [0.5, 0.6) is 0 Å². The van der Waals surface area contributed by atoms with Crippen molar-refractivity contribution >= 4 is 35.5 Å². The van der Waals surface area contributed by atoms with E-state index in [4.69, 9.17) is 5.73 Å². The Morgan fingerprint density at radius 3 is 1.69 bits per heavy atom. The monoisotopic (exact) mass is 514 g/mol. The number of rotatable bonds is 14. The van der Waals surface area contributed by atoms with Gasteiger partial charge in [0.15, 0.2) is 0 Å². The Hall–Kier alpha value is -3.37. The van der Waals surface area contributed by atoms with Crippen molar-refractivity contribution in [2.75, 3.05) is 12.0 Å². The summed E-state index contributed by atoms with van der Waals surface area (Å²) in [6, 6.07) is 14.3. The normalized spacial score (nSPS) is 14.1. The lowest BCUT2D eigenvalue weighted by Gasteiger charge is -2.25. The maximum Gasteiger partial charge on any atom is 0.325 e. The minimum Gasteiger partial charge on any atom is -0.480 e. The Bertz CT molecular complexity index is 1010. The fraction of sp³-hybridized carbons (Fsp3) is 0.385. The van der Waals surface area contributed by atoms with Crippen LogP contribution in [0.15, 0.2) is 60.7 Å². The van der Waals surface area contributed by atoms with Gasteiger partial charge in [0.1, 0.15) is 18.1 Å². The van der Waals surface area contributed by atoms with Gasteiger partial charge in [-0.05, 0) is 36.5 Å². The second kappa shape index (κ2) is 14.9. The Morgan fingerprint density at radius 2 is 1.25 bits per heavy atom. The van der Waals surface area contributed by atoms with Crippen LogP contribution in [0.2, 0.25) is 0 Å². The number of nitrogens with one attached hydrogen (secondary N) is 3. The topological polar surface area (TPSA) is 151 Å². The molecule has 194 valence electrons. The number of thioether (sulfide) groups is 1. The third kappa shape index (κ3) is 9.71. The Balaban J connectivity index is 2.24. The summed E-state index contributed by atoms with van der Waals surface area (Å²) >= 11 is 1.57. The summed E-state index contributed by atoms with van der Waals surface area (Å²) in [6.45, 7) is 1.34. The zero-order valence-electron chi connectivity index (χ0n) is 20.5. The average Bonchev–Trinajstić information content (AvgIpc) is 2.87. The molecule has 9 nitrogen and oxygen atoms in total. The van der Waals surface area contributed by atoms with E-state index in [2.05, 4.69) is 16.0 Å². The molecule has 0 aliphatic rings. The van der Waals surface area contributed by atoms with Gasteiger partial charge in [0.25, 0.3) is 0 Å². The molecule has 0 saturated heterocycles. The number of hydrogen-bond acceptors (Lipinski definition) is 6. The van der Waals surface area contributed by atoms with Crippen molar-refractivity contribution in [3.63, 3.8) is 0 Å². The molecule has 2 aromatic carbocycles. The third-order valence-electron chi connectivity index (χ3n) is 5.53. The number of benzene rings is 2. The number of carboxylic acids is 1. The van der Waals surface area contributed by atoms with E-state index in [1.807, 2.05) is 42.7 Å². The summed E-state index contributed by atoms with van der Waals surface area (Å²) in [5.41, 5.74) is 7.60. The number of carbonyl (C=O) groups is 4. The van der Waals surface area contributed by atoms with Crippen molar-refractivity contribution in [1.82, 2.24) is 16.0 Å². The molecule has 0 bridgehead atoms. The molecule has 2 rings (SSSR count). The molecule has 10 heteroatoms. The lowest BCUT2D eigenvalue weighted by molar-refractivity contribution is -0.141. The first-order valence-corrected chi connectivity index (χ1v) is 13.1. The van der Waals surface area contributed by atoms with Crippen LogP contribution in [0.3, 0.4) is 0 Å². The highest BCUT2D eigenvalue weighted by molar-refractivity contribution is 7.98. The van der Waals surface area contributed by atoms with Gasteiger partial charge in [0.2, 0.25) is 17.7 Å². The van der Waals surface area contributed by atoms with Crippen LogP contribution in [0.4, 0.5) is 0 Å². The molecule has 0 aliphatic carbocycles. The SMILES string of the molecule is CSCCC(N)C(=O)NC(Cc1ccccc1)C(=O)NC(Cc1ccccc1)C(=O)NC(C)C(=O)O. The first kappa shape index (κ1) is 28.9. The second-order valence-corrected chi connectivity index (χ2v) is 9.44. The lowest BCUT2D eigenvalue weighted by atomic mass is 10.0. The lowest BCUT2D eigenvalue weighted by Crippen LogP contribution is -2.58. The number of amides is 3. The van der Waals surface area contributed by atoms with Crippen molar-refractivity contribution in [1.29, 1.82) is 0 Å². The van der Waals surface area contributed by atoms with Crippen molar-refractivity contribution in [3.05, 3.63) is 71.8 Å². The van der Waals surface area contributed by atoms with Crippen LogP contribution in [-0.2, 0) is 32.0 Å². The minimum absolute atomic E-state index is 0.143. The van der Waals surface area contributed by atoms with Gasteiger partial charge in [-0.25, -0.2) is 0 Å². The molecule has 36 heavy (non-hydrogen) atoms. The minimum atomic E-state index is -1.19. The predicted octanol–water partition coefficient (Wildman–Crippen LogP) is 1.11. The van der Waals surface area contributed by atoms with Crippen molar-refractivity contribution in [2.24, 2.45) is 5.73 Å². The first-order chi connectivity index (χ1) is 17.2. The fourth-order valence-corrected chi connectivity index (χ4v) is 3.91. The summed E-state index contributed by atoms with van der Waals surface area (Å²) in [5.74, 6) is -2.15. The van der Waals surface area contributed by atoms with Gasteiger partial charge in [0, 0.05) is 12.8 Å². The molecule has 0 heterocycles. The number of hydrogen-bond donors (Lipinski definition) is 5. The summed E-state index contributed by atoms with van der Waals surface area (Å²) in [7, 11) is 0. The van der Waals surface area contributed by atoms with Crippen LogP contribution in [-0.4, -0.2) is 65.0 Å². The van der Waals surface area contributed by atoms with E-state index >= 15 is 0 Å². The van der Waals surface area contributed by atoms with E-state index in [0.29, 0.717) is 12.2 Å². The smallest absolute Gasteiger partial charge is 0.325 e. The highest BCUT2D eigenvalue weighted by Gasteiger charge is 2.29. The molecule has 0 aromatic heterocycles. The Morgan fingerprint density at radius 1 is 0.806 bits per heavy atom. The van der Waals surface area contributed by atoms with Gasteiger partial charge < -0.3 is 26.8 Å². The molecule has 6 N–H and O–H groups in total. The number of carbonyl (C=O) groups excluding carboxylic acids is 3. The van der Waals surface area contributed by atoms with E-state index in [0.717, 1.165) is 11.1 Å². The van der Waals surface area contributed by atoms with Gasteiger partial charge in [-0.3, -0.25) is 19.2 Å². The molecule has 4 atom stereocenters. The largest absolute Gasteiger partial charge is 0.480 e. The van der Waals surface area contributed by atoms with Gasteiger partial charge in [0.05, 0.1) is 6.04 Å². The van der Waals surface area contributed by atoms with E-state index in [1.165, 1.54) is 6.92 Å². The van der Waals surface area contributed by atoms with Crippen molar-refractivity contribution < 1.29 is 24.3 Å². The molecule has 3 amide bonds. The average molecular weight is 515 g/mol. The zero-order chi connectivity index (χ0) is 26.5. The Kier molecular flexibility index (Phi) is 11.9. The van der Waals surface area contributed by atoms with Gasteiger partial charge in [-0.2, -0.15) is 11.8 Å². The van der Waals surface area contributed by atoms with E-state index in [9.17, 15) is 24.3 Å². The summed E-state index contributed by atoms with van der Waals surface area (Å²) in [6.07, 6.45) is 2.71. The van der Waals surface area contributed by atoms with Crippen molar-refractivity contribution in [2.45, 2.75) is 50.4 Å². The quantitative estimate of drug-likeness (QED) is 0.253. The molecule has 2 aromatic rings. The summed E-state index contributed by atoms with van der Waals surface area (Å²) < 4.78 is 0. The molecular formula is C26H34N4O5S. The van der Waals surface area contributed by atoms with E-state index in [-0.39, 0.29) is 12.8 Å². The fourth-order valence-electron chi connectivity index (χ4n) is 3.42. The molecule has 0 radical (unpaired) electrons. The van der Waals surface area contributed by atoms with Gasteiger partial charge >= 0.3 is 5.97 Å². The van der Waals surface area contributed by atoms with Crippen molar-refractivity contribution in [3.8, 4) is 0 Å². The maximum absolute atomic E-state index is 13.4. The van der Waals surface area contributed by atoms with Crippen LogP contribution in [0, 0.1) is 0 Å². The molecule has 0 fully saturated rings. The van der Waals surface area contributed by atoms with Crippen LogP contribution >= 0.6 is 11.8 Å². The highest BCUT2D eigenvalue weighted by atomic mass is 32.2. The Labute approximate surface area is 215 Å². The standard InChI is InChI=1S/C26H34N4O5S/c1-17(26(34)35)28-24(32)21(15-18-9-5-3-6-10-18)30-25(33)22(16-19-11-7-4-8-12-19)29-23(31)20(27)13-14-36-2/h3-12,17,20-22H,13-16,27H2,1-2H3,(H,28,32)(H,29,31)(H,30,33)(H,34,35). The number of aliphatic carboxylic acids is 1. The zero-order valence-corrected chi connectivity index (χ0v) is 21.3. The highest BCUT2D eigenvalue weighted by Crippen LogP contribution is 2.08. The van der Waals surface area contributed by atoms with Gasteiger partial charge in [-0.1, -0.05) is 60.7 Å². The predicted molar refractivity (Wildman–Crippen MR) is 140 cm³/mol. The molecule has 0 spiro atoms. The summed E-state index contributed by atoms with van der Waals surface area (Å²) in [4.78, 5) is 50.3. The van der Waals surface area contributed by atoms with Crippen LogP contribution in [0.25, 0.3) is 0 Å². The first-order valence-electron chi connectivity index (χ1n) is 11.7. The third-order valence-corrected chi connectivity index (χ3v) is 6.17. The molecule has 4 unspecified atom stereocenters. The maximum atomic E-state index is 13.4. The summed E-state index contributed by atoms with van der Waals surface area (Å²) in [5, 5.41) is 17.0. The second-order valence-electron chi connectivity index (χ2n) is 8.46.